The van der Waals surface area contributed by atoms with Gasteiger partial charge in [0, 0.05) is 5.92 Å². The summed E-state index contributed by atoms with van der Waals surface area (Å²) in [5.74, 6) is -0.194. The standard InChI is InChI=1S/C11H12FN/c1-9(11(12)7-8-13)10-5-3-2-4-6-10/h2-6,9,11H,7H2,1H3/t9-,11-/m0/s1. The maximum atomic E-state index is 13.3. The Balaban J connectivity index is 2.69. The number of nitriles is 1. The van der Waals surface area contributed by atoms with Crippen LogP contribution in [0, 0.1) is 11.3 Å². The van der Waals surface area contributed by atoms with Crippen molar-refractivity contribution in [3.63, 3.8) is 0 Å². The molecule has 1 rings (SSSR count). The second-order valence-corrected chi connectivity index (χ2v) is 3.08. The van der Waals surface area contributed by atoms with E-state index in [4.69, 9.17) is 5.26 Å². The van der Waals surface area contributed by atoms with E-state index in [1.165, 1.54) is 0 Å². The number of hydrogen-bond acceptors (Lipinski definition) is 1. The molecule has 1 aromatic carbocycles. The SMILES string of the molecule is C[C@@H](c1ccccc1)[C@@H](F)CC#N. The molecule has 2 heteroatoms. The fraction of sp³-hybridized carbons (Fsp3) is 0.364. The molecule has 13 heavy (non-hydrogen) atoms. The van der Waals surface area contributed by atoms with E-state index in [-0.39, 0.29) is 12.3 Å². The predicted octanol–water partition coefficient (Wildman–Crippen LogP) is 3.04. The maximum absolute atomic E-state index is 13.3. The zero-order chi connectivity index (χ0) is 9.68. The second-order valence-electron chi connectivity index (χ2n) is 3.08. The molecule has 1 aromatic rings. The summed E-state index contributed by atoms with van der Waals surface area (Å²) in [4.78, 5) is 0. The molecule has 0 amide bonds. The van der Waals surface area contributed by atoms with Crippen molar-refractivity contribution in [2.24, 2.45) is 0 Å². The number of halogens is 1. The van der Waals surface area contributed by atoms with Gasteiger partial charge in [-0.3, -0.25) is 0 Å². The van der Waals surface area contributed by atoms with Gasteiger partial charge in [0.2, 0.25) is 0 Å². The van der Waals surface area contributed by atoms with Gasteiger partial charge in [0.15, 0.2) is 0 Å². The average Bonchev–Trinajstić information content (AvgIpc) is 2.18. The van der Waals surface area contributed by atoms with Gasteiger partial charge in [0.1, 0.15) is 6.17 Å². The van der Waals surface area contributed by atoms with Gasteiger partial charge >= 0.3 is 0 Å². The number of hydrogen-bond donors (Lipinski definition) is 0. The molecule has 0 saturated heterocycles. The Kier molecular flexibility index (Phi) is 3.45. The van der Waals surface area contributed by atoms with Crippen molar-refractivity contribution in [1.29, 1.82) is 5.26 Å². The van der Waals surface area contributed by atoms with Crippen LogP contribution >= 0.6 is 0 Å². The van der Waals surface area contributed by atoms with Gasteiger partial charge in [-0.25, -0.2) is 4.39 Å². The number of rotatable bonds is 3. The van der Waals surface area contributed by atoms with E-state index in [0.717, 1.165) is 5.56 Å². The van der Waals surface area contributed by atoms with E-state index >= 15 is 0 Å². The molecule has 0 fully saturated rings. The Labute approximate surface area is 77.8 Å². The van der Waals surface area contributed by atoms with Crippen molar-refractivity contribution in [2.45, 2.75) is 25.4 Å². The topological polar surface area (TPSA) is 23.8 Å². The van der Waals surface area contributed by atoms with E-state index < -0.39 is 6.17 Å². The lowest BCUT2D eigenvalue weighted by atomic mass is 9.95. The Hall–Kier alpha value is -1.36. The van der Waals surface area contributed by atoms with Crippen molar-refractivity contribution in [1.82, 2.24) is 0 Å². The molecule has 0 aromatic heterocycles. The van der Waals surface area contributed by atoms with Crippen LogP contribution in [0.5, 0.6) is 0 Å². The number of alkyl halides is 1. The Morgan fingerprint density at radius 2 is 2.00 bits per heavy atom. The molecule has 0 radical (unpaired) electrons. The van der Waals surface area contributed by atoms with Crippen LogP contribution in [0.25, 0.3) is 0 Å². The first-order valence-electron chi connectivity index (χ1n) is 4.31. The molecule has 0 unspecified atom stereocenters. The van der Waals surface area contributed by atoms with Gasteiger partial charge < -0.3 is 0 Å². The van der Waals surface area contributed by atoms with Gasteiger partial charge in [-0.15, -0.1) is 0 Å². The molecular weight excluding hydrogens is 165 g/mol. The molecule has 0 bridgehead atoms. The summed E-state index contributed by atoms with van der Waals surface area (Å²) in [6.07, 6.45) is -1.09. The molecular formula is C11H12FN. The highest BCUT2D eigenvalue weighted by atomic mass is 19.1. The second kappa shape index (κ2) is 4.61. The summed E-state index contributed by atoms with van der Waals surface area (Å²) in [6, 6.07) is 11.3. The fourth-order valence-corrected chi connectivity index (χ4v) is 1.23. The van der Waals surface area contributed by atoms with Crippen molar-refractivity contribution >= 4 is 0 Å². The summed E-state index contributed by atoms with van der Waals surface area (Å²) >= 11 is 0. The van der Waals surface area contributed by atoms with Crippen molar-refractivity contribution < 1.29 is 4.39 Å². The van der Waals surface area contributed by atoms with Gasteiger partial charge in [0.25, 0.3) is 0 Å². The van der Waals surface area contributed by atoms with Crippen LogP contribution in [0.4, 0.5) is 4.39 Å². The number of benzene rings is 1. The highest BCUT2D eigenvalue weighted by Crippen LogP contribution is 2.22. The molecule has 68 valence electrons. The molecule has 0 aliphatic heterocycles. The van der Waals surface area contributed by atoms with Crippen molar-refractivity contribution in [3.8, 4) is 6.07 Å². The molecule has 1 nitrogen and oxygen atoms in total. The monoisotopic (exact) mass is 177 g/mol. The van der Waals surface area contributed by atoms with Gasteiger partial charge in [-0.05, 0) is 5.56 Å². The van der Waals surface area contributed by atoms with Crippen LogP contribution in [0.2, 0.25) is 0 Å². The lowest BCUT2D eigenvalue weighted by molar-refractivity contribution is 0.296. The summed E-state index contributed by atoms with van der Waals surface area (Å²) in [7, 11) is 0. The first-order valence-corrected chi connectivity index (χ1v) is 4.31. The Morgan fingerprint density at radius 3 is 2.54 bits per heavy atom. The predicted molar refractivity (Wildman–Crippen MR) is 50.0 cm³/mol. The molecule has 0 N–H and O–H groups in total. The zero-order valence-corrected chi connectivity index (χ0v) is 7.57. The molecule has 0 aliphatic rings. The van der Waals surface area contributed by atoms with E-state index in [9.17, 15) is 4.39 Å². The minimum Gasteiger partial charge on any atom is -0.246 e. The van der Waals surface area contributed by atoms with E-state index in [1.54, 1.807) is 6.92 Å². The number of nitrogens with zero attached hydrogens (tertiary/aromatic N) is 1. The average molecular weight is 177 g/mol. The molecule has 0 heterocycles. The molecule has 0 spiro atoms. The van der Waals surface area contributed by atoms with E-state index in [2.05, 4.69) is 0 Å². The lowest BCUT2D eigenvalue weighted by Gasteiger charge is -2.13. The van der Waals surface area contributed by atoms with Gasteiger partial charge in [-0.2, -0.15) is 5.26 Å². The molecule has 2 atom stereocenters. The van der Waals surface area contributed by atoms with Crippen LogP contribution in [0.3, 0.4) is 0 Å². The van der Waals surface area contributed by atoms with Crippen LogP contribution in [0.1, 0.15) is 24.8 Å². The normalized spacial score (nSPS) is 14.5. The molecule has 0 aliphatic carbocycles. The fourth-order valence-electron chi connectivity index (χ4n) is 1.23. The summed E-state index contributed by atoms with van der Waals surface area (Å²) in [5, 5.41) is 8.34. The third kappa shape index (κ3) is 2.55. The third-order valence-corrected chi connectivity index (χ3v) is 2.15. The lowest BCUT2D eigenvalue weighted by Crippen LogP contribution is -2.09. The van der Waals surface area contributed by atoms with E-state index in [0.29, 0.717) is 0 Å². The Bertz CT molecular complexity index is 289. The first kappa shape index (κ1) is 9.73. The third-order valence-electron chi connectivity index (χ3n) is 2.15. The van der Waals surface area contributed by atoms with Gasteiger partial charge in [0.05, 0.1) is 12.5 Å². The highest BCUT2D eigenvalue weighted by Gasteiger charge is 2.16. The van der Waals surface area contributed by atoms with Crippen LogP contribution < -0.4 is 0 Å². The van der Waals surface area contributed by atoms with Crippen LogP contribution in [-0.4, -0.2) is 6.17 Å². The maximum Gasteiger partial charge on any atom is 0.120 e. The Morgan fingerprint density at radius 1 is 1.38 bits per heavy atom. The first-order chi connectivity index (χ1) is 6.25. The summed E-state index contributed by atoms with van der Waals surface area (Å²) in [6.45, 7) is 1.80. The minimum atomic E-state index is -1.06. The zero-order valence-electron chi connectivity index (χ0n) is 7.57. The highest BCUT2D eigenvalue weighted by molar-refractivity contribution is 5.20. The van der Waals surface area contributed by atoms with Crippen molar-refractivity contribution in [2.75, 3.05) is 0 Å². The van der Waals surface area contributed by atoms with Crippen LogP contribution in [-0.2, 0) is 0 Å². The minimum absolute atomic E-state index is 0.0317. The smallest absolute Gasteiger partial charge is 0.120 e. The van der Waals surface area contributed by atoms with Gasteiger partial charge in [-0.1, -0.05) is 37.3 Å². The summed E-state index contributed by atoms with van der Waals surface area (Å²) in [5.41, 5.74) is 0.949. The summed E-state index contributed by atoms with van der Waals surface area (Å²) < 4.78 is 13.3. The van der Waals surface area contributed by atoms with Crippen LogP contribution in [0.15, 0.2) is 30.3 Å². The van der Waals surface area contributed by atoms with Crippen molar-refractivity contribution in [3.05, 3.63) is 35.9 Å². The quantitative estimate of drug-likeness (QED) is 0.696. The molecule has 0 saturated carbocycles. The van der Waals surface area contributed by atoms with E-state index in [1.807, 2.05) is 36.4 Å². The largest absolute Gasteiger partial charge is 0.246 e.